The number of alkyl carbamates (subject to hydrolysis) is 1. The number of amides is 1. The first kappa shape index (κ1) is 18.4. The summed E-state index contributed by atoms with van der Waals surface area (Å²) in [5.41, 5.74) is 1.02. The molecule has 0 aliphatic heterocycles. The number of carbonyl (C=O) groups excluding carboxylic acids is 1. The van der Waals surface area contributed by atoms with E-state index in [1.54, 1.807) is 5.38 Å². The Morgan fingerprint density at radius 3 is 2.86 bits per heavy atom. The molecule has 2 N–H and O–H groups in total. The molecule has 0 bridgehead atoms. The second-order valence-electron chi connectivity index (χ2n) is 5.65. The number of aromatic amines is 1. The molecule has 28 heavy (non-hydrogen) atoms. The van der Waals surface area contributed by atoms with E-state index in [0.717, 1.165) is 16.6 Å². The molecule has 1 amide bonds. The monoisotopic (exact) mass is 422 g/mol. The van der Waals surface area contributed by atoms with Crippen molar-refractivity contribution >= 4 is 39.8 Å². The van der Waals surface area contributed by atoms with Crippen molar-refractivity contribution in [3.8, 4) is 21.1 Å². The van der Waals surface area contributed by atoms with Crippen molar-refractivity contribution < 1.29 is 18.3 Å². The molecule has 3 heterocycles. The number of thiazole rings is 2. The lowest BCUT2D eigenvalue weighted by molar-refractivity contribution is 0.170. The van der Waals surface area contributed by atoms with Crippen LogP contribution in [0, 0.1) is 18.6 Å². The first-order valence-corrected chi connectivity index (χ1v) is 9.60. The van der Waals surface area contributed by atoms with Gasteiger partial charge in [-0.3, -0.25) is 0 Å². The maximum absolute atomic E-state index is 14.7. The fraction of sp³-hybridized carbons (Fsp3) is 0.188. The normalized spacial score (nSPS) is 11.1. The molecule has 4 aromatic rings. The molecule has 0 radical (unpaired) electrons. The molecule has 8 nitrogen and oxygen atoms in total. The maximum Gasteiger partial charge on any atom is 0.407 e. The molecular formula is C16H12F2N6O2S2. The van der Waals surface area contributed by atoms with Crippen LogP contribution in [-0.4, -0.2) is 38.6 Å². The van der Waals surface area contributed by atoms with E-state index in [-0.39, 0.29) is 23.1 Å². The lowest BCUT2D eigenvalue weighted by atomic mass is 10.2. The number of nitrogens with one attached hydrogen (secondary N) is 2. The summed E-state index contributed by atoms with van der Waals surface area (Å²) >= 11 is 2.54. The number of hydrogen-bond acceptors (Lipinski definition) is 8. The molecule has 0 aliphatic carbocycles. The fourth-order valence-electron chi connectivity index (χ4n) is 2.58. The highest BCUT2D eigenvalue weighted by molar-refractivity contribution is 7.16. The second-order valence-corrected chi connectivity index (χ2v) is 7.59. The standard InChI is InChI=1S/C16H12F2N6O2S2/c1-6-14(28-10(20-6)4-19-16(25)26-2)9-5-27-15(21-9)7-3-8(17)12-13(11(7)18)23-24-22-12/h3,5H,4H2,1-2H3,(H,19,25)(H,22,23,24). The number of hydrogen-bond donors (Lipinski definition) is 2. The van der Waals surface area contributed by atoms with Crippen molar-refractivity contribution in [3.05, 3.63) is 33.8 Å². The quantitative estimate of drug-likeness (QED) is 0.520. The third kappa shape index (κ3) is 3.20. The van der Waals surface area contributed by atoms with Crippen LogP contribution in [0.1, 0.15) is 10.7 Å². The number of halogens is 2. The third-order valence-electron chi connectivity index (χ3n) is 3.87. The largest absolute Gasteiger partial charge is 0.453 e. The molecule has 1 aromatic carbocycles. The Kier molecular flexibility index (Phi) is 4.73. The molecule has 12 heteroatoms. The summed E-state index contributed by atoms with van der Waals surface area (Å²) in [6, 6.07) is 1.06. The van der Waals surface area contributed by atoms with Gasteiger partial charge in [0.15, 0.2) is 22.7 Å². The van der Waals surface area contributed by atoms with Crippen molar-refractivity contribution in [1.29, 1.82) is 0 Å². The number of benzene rings is 1. The maximum atomic E-state index is 14.7. The molecule has 0 spiro atoms. The summed E-state index contributed by atoms with van der Waals surface area (Å²) in [6.07, 6.45) is -0.550. The smallest absolute Gasteiger partial charge is 0.407 e. The van der Waals surface area contributed by atoms with Crippen LogP contribution in [0.5, 0.6) is 0 Å². The summed E-state index contributed by atoms with van der Waals surface area (Å²) in [7, 11) is 1.28. The highest BCUT2D eigenvalue weighted by atomic mass is 32.1. The zero-order valence-corrected chi connectivity index (χ0v) is 16.2. The minimum atomic E-state index is -0.685. The van der Waals surface area contributed by atoms with Gasteiger partial charge in [0, 0.05) is 5.38 Å². The van der Waals surface area contributed by atoms with E-state index in [1.807, 2.05) is 6.92 Å². The summed E-state index contributed by atoms with van der Waals surface area (Å²) < 4.78 is 33.4. The van der Waals surface area contributed by atoms with Crippen LogP contribution in [0.2, 0.25) is 0 Å². The van der Waals surface area contributed by atoms with Gasteiger partial charge in [0.25, 0.3) is 0 Å². The van der Waals surface area contributed by atoms with Gasteiger partial charge < -0.3 is 10.1 Å². The van der Waals surface area contributed by atoms with Gasteiger partial charge in [-0.2, -0.15) is 15.4 Å². The number of nitrogens with zero attached hydrogens (tertiary/aromatic N) is 4. The average Bonchev–Trinajstić information content (AvgIpc) is 3.41. The Bertz CT molecular complexity index is 1190. The Morgan fingerprint density at radius 1 is 1.29 bits per heavy atom. The number of aryl methyl sites for hydroxylation is 1. The summed E-state index contributed by atoms with van der Waals surface area (Å²) in [4.78, 5) is 20.8. The van der Waals surface area contributed by atoms with E-state index in [0.29, 0.717) is 15.7 Å². The first-order valence-electron chi connectivity index (χ1n) is 7.90. The van der Waals surface area contributed by atoms with Gasteiger partial charge in [-0.15, -0.1) is 22.7 Å². The first-order chi connectivity index (χ1) is 13.5. The van der Waals surface area contributed by atoms with Gasteiger partial charge in [-0.05, 0) is 13.0 Å². The summed E-state index contributed by atoms with van der Waals surface area (Å²) in [6.45, 7) is 2.03. The molecule has 0 saturated carbocycles. The molecule has 0 atom stereocenters. The molecule has 0 unspecified atom stereocenters. The van der Waals surface area contributed by atoms with E-state index in [4.69, 9.17) is 0 Å². The van der Waals surface area contributed by atoms with E-state index in [9.17, 15) is 13.6 Å². The Balaban J connectivity index is 1.66. The zero-order chi connectivity index (χ0) is 19.8. The lowest BCUT2D eigenvalue weighted by Crippen LogP contribution is -2.22. The number of fused-ring (bicyclic) bond motifs is 1. The predicted octanol–water partition coefficient (Wildman–Crippen LogP) is 3.65. The summed E-state index contributed by atoms with van der Waals surface area (Å²) in [5, 5.41) is 14.8. The number of H-pyrrole nitrogens is 1. The number of carbonyl (C=O) groups is 1. The van der Waals surface area contributed by atoms with Gasteiger partial charge >= 0.3 is 6.09 Å². The van der Waals surface area contributed by atoms with Crippen molar-refractivity contribution in [3.63, 3.8) is 0 Å². The zero-order valence-electron chi connectivity index (χ0n) is 14.5. The van der Waals surface area contributed by atoms with Crippen molar-refractivity contribution in [2.24, 2.45) is 0 Å². The number of rotatable bonds is 4. The Hall–Kier alpha value is -2.99. The van der Waals surface area contributed by atoms with Crippen LogP contribution >= 0.6 is 22.7 Å². The highest BCUT2D eigenvalue weighted by Gasteiger charge is 2.20. The number of methoxy groups -OCH3 is 1. The van der Waals surface area contributed by atoms with E-state index < -0.39 is 17.7 Å². The average molecular weight is 422 g/mol. The van der Waals surface area contributed by atoms with Crippen molar-refractivity contribution in [2.75, 3.05) is 7.11 Å². The van der Waals surface area contributed by atoms with Gasteiger partial charge in [-0.25, -0.2) is 23.5 Å². The molecule has 0 aliphatic rings. The topological polar surface area (TPSA) is 106 Å². The van der Waals surface area contributed by atoms with Crippen LogP contribution in [0.25, 0.3) is 32.2 Å². The number of ether oxygens (including phenoxy) is 1. The molecule has 0 fully saturated rings. The van der Waals surface area contributed by atoms with E-state index >= 15 is 0 Å². The van der Waals surface area contributed by atoms with E-state index in [2.05, 4.69) is 35.4 Å². The van der Waals surface area contributed by atoms with Crippen molar-refractivity contribution in [1.82, 2.24) is 30.7 Å². The minimum Gasteiger partial charge on any atom is -0.453 e. The molecule has 144 valence electrons. The Labute approximate surface area is 164 Å². The van der Waals surface area contributed by atoms with E-state index in [1.165, 1.54) is 29.8 Å². The second kappa shape index (κ2) is 7.20. The molecule has 0 saturated heterocycles. The molecule has 3 aromatic heterocycles. The third-order valence-corrected chi connectivity index (χ3v) is 5.92. The molecule has 4 rings (SSSR count). The lowest BCUT2D eigenvalue weighted by Gasteiger charge is -2.00. The van der Waals surface area contributed by atoms with Gasteiger partial charge in [0.2, 0.25) is 0 Å². The van der Waals surface area contributed by atoms with Gasteiger partial charge in [0.1, 0.15) is 10.0 Å². The number of aromatic nitrogens is 5. The van der Waals surface area contributed by atoms with Crippen LogP contribution in [0.15, 0.2) is 11.4 Å². The minimum absolute atomic E-state index is 0.0184. The van der Waals surface area contributed by atoms with Gasteiger partial charge in [0.05, 0.1) is 35.5 Å². The van der Waals surface area contributed by atoms with Crippen LogP contribution in [-0.2, 0) is 11.3 Å². The van der Waals surface area contributed by atoms with Crippen LogP contribution < -0.4 is 5.32 Å². The Morgan fingerprint density at radius 2 is 2.07 bits per heavy atom. The van der Waals surface area contributed by atoms with Crippen LogP contribution in [0.4, 0.5) is 13.6 Å². The van der Waals surface area contributed by atoms with Crippen molar-refractivity contribution in [2.45, 2.75) is 13.5 Å². The SMILES string of the molecule is COC(=O)NCc1nc(C)c(-c2csc(-c3cc(F)c4n[nH]nc4c3F)n2)s1. The van der Waals surface area contributed by atoms with Gasteiger partial charge in [-0.1, -0.05) is 0 Å². The highest BCUT2D eigenvalue weighted by Crippen LogP contribution is 2.36. The predicted molar refractivity (Wildman–Crippen MR) is 100 cm³/mol. The fourth-order valence-corrected chi connectivity index (χ4v) is 4.44. The molecular weight excluding hydrogens is 410 g/mol. The summed E-state index contributed by atoms with van der Waals surface area (Å²) in [5.74, 6) is -1.36. The van der Waals surface area contributed by atoms with Crippen LogP contribution in [0.3, 0.4) is 0 Å².